The highest BCUT2D eigenvalue weighted by atomic mass is 15.0. The van der Waals surface area contributed by atoms with E-state index in [2.05, 4.69) is 163 Å². The van der Waals surface area contributed by atoms with Crippen LogP contribution in [0.1, 0.15) is 49.9 Å². The highest BCUT2D eigenvalue weighted by molar-refractivity contribution is 6.25. The van der Waals surface area contributed by atoms with Crippen molar-refractivity contribution in [2.75, 3.05) is 0 Å². The Labute approximate surface area is 281 Å². The second kappa shape index (κ2) is 10.7. The molecule has 1 unspecified atom stereocenters. The lowest BCUT2D eigenvalue weighted by Crippen LogP contribution is -2.18. The number of nitrogens with zero attached hydrogens (tertiary/aromatic N) is 2. The zero-order chi connectivity index (χ0) is 32.6. The van der Waals surface area contributed by atoms with Crippen molar-refractivity contribution in [2.45, 2.75) is 38.6 Å². The highest BCUT2D eigenvalue weighted by Gasteiger charge is 2.40. The fourth-order valence-corrected chi connectivity index (χ4v) is 8.54. The van der Waals surface area contributed by atoms with Crippen molar-refractivity contribution in [3.8, 4) is 5.69 Å². The first-order valence-electron chi connectivity index (χ1n) is 17.0. The van der Waals surface area contributed by atoms with Gasteiger partial charge in [0.1, 0.15) is 0 Å². The lowest BCUT2D eigenvalue weighted by atomic mass is 9.79. The Hall–Kier alpha value is -5.60. The van der Waals surface area contributed by atoms with Crippen LogP contribution >= 0.6 is 0 Å². The molecule has 2 nitrogen and oxygen atoms in total. The van der Waals surface area contributed by atoms with Crippen molar-refractivity contribution >= 4 is 54.8 Å². The Bertz CT molecular complexity index is 2570. The summed E-state index contributed by atoms with van der Waals surface area (Å²) < 4.78 is 5.09. The number of para-hydroxylation sites is 2. The molecule has 232 valence electrons. The molecule has 2 heteroatoms. The molecule has 48 heavy (non-hydrogen) atoms. The Balaban J connectivity index is 1.30. The average molecular weight is 619 g/mol. The molecule has 0 spiro atoms. The van der Waals surface area contributed by atoms with Gasteiger partial charge in [-0.05, 0) is 77.1 Å². The van der Waals surface area contributed by atoms with Gasteiger partial charge in [-0.25, -0.2) is 0 Å². The molecule has 0 saturated carbocycles. The van der Waals surface area contributed by atoms with Crippen LogP contribution in [0.4, 0.5) is 0 Å². The van der Waals surface area contributed by atoms with Gasteiger partial charge in [-0.3, -0.25) is 0 Å². The van der Waals surface area contributed by atoms with Crippen LogP contribution in [0.2, 0.25) is 0 Å². The Morgan fingerprint density at radius 1 is 0.771 bits per heavy atom. The molecule has 0 amide bonds. The van der Waals surface area contributed by atoms with E-state index < -0.39 is 0 Å². The van der Waals surface area contributed by atoms with Crippen molar-refractivity contribution in [2.24, 2.45) is 0 Å². The molecule has 0 N–H and O–H groups in total. The van der Waals surface area contributed by atoms with Gasteiger partial charge in [0.2, 0.25) is 0 Å². The van der Waals surface area contributed by atoms with Crippen LogP contribution in [0.25, 0.3) is 60.4 Å². The highest BCUT2D eigenvalue weighted by Crippen LogP contribution is 2.53. The maximum Gasteiger partial charge on any atom is 0.0641 e. The van der Waals surface area contributed by atoms with Gasteiger partial charge < -0.3 is 9.13 Å². The summed E-state index contributed by atoms with van der Waals surface area (Å²) in [7, 11) is 0. The van der Waals surface area contributed by atoms with Crippen LogP contribution < -0.4 is 0 Å². The third-order valence-corrected chi connectivity index (χ3v) is 10.8. The zero-order valence-electron chi connectivity index (χ0n) is 27.7. The summed E-state index contributed by atoms with van der Waals surface area (Å²) in [5.41, 5.74) is 14.1. The van der Waals surface area contributed by atoms with Gasteiger partial charge >= 0.3 is 0 Å². The lowest BCUT2D eigenvalue weighted by molar-refractivity contribution is 0.606. The Morgan fingerprint density at radius 3 is 2.29 bits per heavy atom. The number of rotatable bonds is 5. The van der Waals surface area contributed by atoms with Crippen LogP contribution in [-0.2, 0) is 5.41 Å². The third-order valence-electron chi connectivity index (χ3n) is 10.8. The molecule has 2 aromatic heterocycles. The fraction of sp³-hybridized carbons (Fsp3) is 0.130. The van der Waals surface area contributed by atoms with E-state index in [1.165, 1.54) is 65.9 Å². The maximum atomic E-state index is 4.07. The standard InChI is InChI=1S/C46H38N2/c1-5-7-14-30(6-2)31-21-23-32(24-22-31)48-41-19-12-9-16-36(41)37-27-28-43-44(45(37)48)38-17-10-13-20-42(38)47(43)33-25-26-35-34-15-8-11-18-39(34)46(3,4)40(35)29-33/h5-24,26-29,33H,2,25H2,1,3-4H3/b7-5-,30-14+. The SMILES string of the molecule is C=C/C(=C\C=C/C)c1ccc(-n2c3ccccc3c3ccc4c(c5ccccc5n4C4C=C5C(=CC4)c4ccccc4C5(C)C)c32)cc1. The summed E-state index contributed by atoms with van der Waals surface area (Å²) >= 11 is 0. The number of allylic oxidation sites excluding steroid dienone is 9. The van der Waals surface area contributed by atoms with Crippen molar-refractivity contribution in [1.29, 1.82) is 0 Å². The first-order chi connectivity index (χ1) is 23.5. The van der Waals surface area contributed by atoms with Gasteiger partial charge in [0.05, 0.1) is 22.6 Å². The predicted molar refractivity (Wildman–Crippen MR) is 206 cm³/mol. The van der Waals surface area contributed by atoms with E-state index in [-0.39, 0.29) is 11.5 Å². The summed E-state index contributed by atoms with van der Waals surface area (Å²) in [5.74, 6) is 0. The minimum absolute atomic E-state index is 0.0286. The molecule has 9 rings (SSSR count). The van der Waals surface area contributed by atoms with E-state index >= 15 is 0 Å². The largest absolute Gasteiger partial charge is 0.333 e. The molecule has 5 aromatic carbocycles. The smallest absolute Gasteiger partial charge is 0.0641 e. The van der Waals surface area contributed by atoms with Crippen molar-refractivity contribution in [3.63, 3.8) is 0 Å². The topological polar surface area (TPSA) is 9.86 Å². The van der Waals surface area contributed by atoms with Crippen LogP contribution in [0.5, 0.6) is 0 Å². The molecule has 0 saturated heterocycles. The molecule has 7 aromatic rings. The van der Waals surface area contributed by atoms with Crippen LogP contribution in [0.15, 0.2) is 158 Å². The van der Waals surface area contributed by atoms with Crippen molar-refractivity contribution in [1.82, 2.24) is 9.13 Å². The summed E-state index contributed by atoms with van der Waals surface area (Å²) in [4.78, 5) is 0. The number of fused-ring (bicyclic) bond motifs is 10. The number of hydrogen-bond donors (Lipinski definition) is 0. The first-order valence-corrected chi connectivity index (χ1v) is 17.0. The molecule has 0 radical (unpaired) electrons. The van der Waals surface area contributed by atoms with Gasteiger partial charge in [-0.2, -0.15) is 0 Å². The maximum absolute atomic E-state index is 4.07. The molecule has 0 aliphatic heterocycles. The van der Waals surface area contributed by atoms with Gasteiger partial charge in [0.25, 0.3) is 0 Å². The lowest BCUT2D eigenvalue weighted by Gasteiger charge is -2.28. The molecule has 0 fully saturated rings. The Morgan fingerprint density at radius 2 is 1.50 bits per heavy atom. The third kappa shape index (κ3) is 3.99. The van der Waals surface area contributed by atoms with E-state index in [4.69, 9.17) is 0 Å². The van der Waals surface area contributed by atoms with E-state index in [1.54, 1.807) is 0 Å². The summed E-state index contributed by atoms with van der Waals surface area (Å²) in [5, 5.41) is 5.16. The van der Waals surface area contributed by atoms with Gasteiger partial charge in [0, 0.05) is 38.2 Å². The fourth-order valence-electron chi connectivity index (χ4n) is 8.54. The first kappa shape index (κ1) is 28.6. The van der Waals surface area contributed by atoms with E-state index in [9.17, 15) is 0 Å². The van der Waals surface area contributed by atoms with Gasteiger partial charge in [0.15, 0.2) is 0 Å². The number of hydrogen-bond acceptors (Lipinski definition) is 0. The second-order valence-electron chi connectivity index (χ2n) is 13.7. The zero-order valence-corrected chi connectivity index (χ0v) is 27.7. The van der Waals surface area contributed by atoms with Gasteiger partial charge in [-0.15, -0.1) is 0 Å². The van der Waals surface area contributed by atoms with Crippen molar-refractivity contribution in [3.05, 3.63) is 174 Å². The van der Waals surface area contributed by atoms with Crippen LogP contribution in [0, 0.1) is 0 Å². The number of benzene rings is 5. The summed E-state index contributed by atoms with van der Waals surface area (Å²) in [6.45, 7) is 10.9. The molecular weight excluding hydrogens is 581 g/mol. The van der Waals surface area contributed by atoms with Crippen molar-refractivity contribution < 1.29 is 0 Å². The number of aromatic nitrogens is 2. The monoisotopic (exact) mass is 618 g/mol. The predicted octanol–water partition coefficient (Wildman–Crippen LogP) is 12.3. The molecule has 2 aliphatic carbocycles. The van der Waals surface area contributed by atoms with E-state index in [1.807, 2.05) is 19.1 Å². The quantitative estimate of drug-likeness (QED) is 0.170. The molecule has 2 aliphatic rings. The van der Waals surface area contributed by atoms with Crippen LogP contribution in [-0.4, -0.2) is 9.13 Å². The molecule has 1 atom stereocenters. The minimum Gasteiger partial charge on any atom is -0.333 e. The normalized spacial score (nSPS) is 17.3. The van der Waals surface area contributed by atoms with E-state index in [0.29, 0.717) is 0 Å². The molecule has 0 bridgehead atoms. The molecular formula is C46H38N2. The Kier molecular flexibility index (Phi) is 6.39. The summed E-state index contributed by atoms with van der Waals surface area (Å²) in [6, 6.07) is 40.7. The van der Waals surface area contributed by atoms with Crippen LogP contribution in [0.3, 0.4) is 0 Å². The molecule has 2 heterocycles. The average Bonchev–Trinajstić information content (AvgIpc) is 3.72. The summed E-state index contributed by atoms with van der Waals surface area (Å²) in [6.07, 6.45) is 14.2. The van der Waals surface area contributed by atoms with Gasteiger partial charge in [-0.1, -0.05) is 136 Å². The second-order valence-corrected chi connectivity index (χ2v) is 13.7. The van der Waals surface area contributed by atoms with E-state index in [0.717, 1.165) is 23.2 Å². The minimum atomic E-state index is -0.0286.